The van der Waals surface area contributed by atoms with Crippen molar-refractivity contribution in [3.05, 3.63) is 60.2 Å². The summed E-state index contributed by atoms with van der Waals surface area (Å²) in [6.45, 7) is 4.89. The minimum Gasteiger partial charge on any atom is -0.475 e. The Hall–Kier alpha value is -4.49. The molecule has 0 radical (unpaired) electrons. The third-order valence-electron chi connectivity index (χ3n) is 5.83. The number of nitrogens with zero attached hydrogens (tertiary/aromatic N) is 4. The van der Waals surface area contributed by atoms with Gasteiger partial charge >= 0.3 is 36.4 Å². The number of fused-ring (bicyclic) bond motifs is 1. The van der Waals surface area contributed by atoms with Crippen LogP contribution in [0.3, 0.4) is 0 Å². The molecule has 2 fully saturated rings. The molecule has 0 saturated carbocycles. The van der Waals surface area contributed by atoms with E-state index >= 15 is 0 Å². The summed E-state index contributed by atoms with van der Waals surface area (Å²) in [5, 5.41) is 21.4. The Morgan fingerprint density at radius 1 is 0.711 bits per heavy atom. The molecule has 0 spiro atoms. The quantitative estimate of drug-likeness (QED) is 0.413. The van der Waals surface area contributed by atoms with Crippen molar-refractivity contribution in [3.63, 3.8) is 0 Å². The predicted molar refractivity (Wildman–Crippen MR) is 132 cm³/mol. The second kappa shape index (κ2) is 16.5. The Bertz CT molecular complexity index is 1190. The van der Waals surface area contributed by atoms with E-state index in [9.17, 15) is 44.3 Å². The Kier molecular flexibility index (Phi) is 14.2. The van der Waals surface area contributed by atoms with Gasteiger partial charge in [-0.15, -0.1) is 0 Å². The van der Waals surface area contributed by atoms with E-state index in [1.54, 1.807) is 6.20 Å². The number of aromatic nitrogens is 2. The maximum absolute atomic E-state index is 12.5. The molecule has 2 aliphatic heterocycles. The lowest BCUT2D eigenvalue weighted by Crippen LogP contribution is -2.34. The smallest absolute Gasteiger partial charge is 0.475 e. The first-order valence-electron chi connectivity index (χ1n) is 12.3. The summed E-state index contributed by atoms with van der Waals surface area (Å²) in [5.41, 5.74) is 2.12. The van der Waals surface area contributed by atoms with E-state index in [2.05, 4.69) is 20.9 Å². The molecule has 4 rings (SSSR count). The van der Waals surface area contributed by atoms with Gasteiger partial charge in [-0.25, -0.2) is 14.4 Å². The molecule has 0 aromatic carbocycles. The lowest BCUT2D eigenvalue weighted by molar-refractivity contribution is -0.193. The summed E-state index contributed by atoms with van der Waals surface area (Å²) < 4.78 is 95.2. The van der Waals surface area contributed by atoms with Gasteiger partial charge in [0.15, 0.2) is 0 Å². The van der Waals surface area contributed by atoms with Gasteiger partial charge in [0.25, 0.3) is 0 Å². The van der Waals surface area contributed by atoms with E-state index in [0.717, 1.165) is 38.4 Å². The van der Waals surface area contributed by atoms with Crippen molar-refractivity contribution in [1.82, 2.24) is 19.8 Å². The number of carbonyl (C=O) groups is 4. The van der Waals surface area contributed by atoms with Gasteiger partial charge in [0, 0.05) is 57.0 Å². The Labute approximate surface area is 247 Å². The van der Waals surface area contributed by atoms with Gasteiger partial charge in [0.2, 0.25) is 5.91 Å². The number of amides is 1. The van der Waals surface area contributed by atoms with Gasteiger partial charge in [0.05, 0.1) is 6.42 Å². The van der Waals surface area contributed by atoms with E-state index in [1.807, 2.05) is 41.6 Å². The largest absolute Gasteiger partial charge is 0.490 e. The number of rotatable bonds is 4. The maximum atomic E-state index is 12.5. The number of halogens is 9. The molecule has 2 aromatic rings. The third-order valence-corrected chi connectivity index (χ3v) is 5.83. The molecule has 45 heavy (non-hydrogen) atoms. The standard InChI is InChI=1S/C19H22N4O.3C2HF3O2/c24-19(8-18-5-1-2-7-21-18)23-13-16-11-22(12-17(16)14-23)10-15-4-3-6-20-9-15;3*3-2(4,5)1(6)7/h1-7,9,16-17H,8,10-14H2;3*(H,6,7)/t16-,17+;;;. The fraction of sp³-hybridized carbons (Fsp3) is 0.440. The van der Waals surface area contributed by atoms with E-state index in [0.29, 0.717) is 18.3 Å². The number of alkyl halides is 9. The summed E-state index contributed by atoms with van der Waals surface area (Å²) >= 11 is 0. The monoisotopic (exact) mass is 664 g/mol. The molecule has 2 saturated heterocycles. The van der Waals surface area contributed by atoms with Crippen LogP contribution < -0.4 is 0 Å². The van der Waals surface area contributed by atoms with Gasteiger partial charge in [0.1, 0.15) is 0 Å². The zero-order valence-electron chi connectivity index (χ0n) is 22.7. The average molecular weight is 664 g/mol. The Morgan fingerprint density at radius 2 is 1.18 bits per heavy atom. The number of carbonyl (C=O) groups excluding carboxylic acids is 1. The number of pyridine rings is 2. The minimum absolute atomic E-state index is 0.210. The lowest BCUT2D eigenvalue weighted by atomic mass is 10.0. The van der Waals surface area contributed by atoms with Crippen molar-refractivity contribution in [2.24, 2.45) is 11.8 Å². The van der Waals surface area contributed by atoms with Crippen LogP contribution >= 0.6 is 0 Å². The van der Waals surface area contributed by atoms with Gasteiger partial charge in [-0.2, -0.15) is 39.5 Å². The van der Waals surface area contributed by atoms with Crippen LogP contribution in [-0.2, 0) is 32.1 Å². The minimum atomic E-state index is -5.08. The first kappa shape index (κ1) is 38.5. The van der Waals surface area contributed by atoms with Crippen molar-refractivity contribution in [2.45, 2.75) is 31.5 Å². The molecule has 4 heterocycles. The molecule has 11 nitrogen and oxygen atoms in total. The maximum Gasteiger partial charge on any atom is 0.490 e. The zero-order valence-corrected chi connectivity index (χ0v) is 22.7. The zero-order chi connectivity index (χ0) is 34.6. The molecule has 250 valence electrons. The van der Waals surface area contributed by atoms with Gasteiger partial charge < -0.3 is 20.2 Å². The summed E-state index contributed by atoms with van der Waals surface area (Å²) in [6, 6.07) is 9.86. The fourth-order valence-corrected chi connectivity index (χ4v) is 3.94. The van der Waals surface area contributed by atoms with Crippen molar-refractivity contribution >= 4 is 23.8 Å². The highest BCUT2D eigenvalue weighted by Crippen LogP contribution is 2.32. The van der Waals surface area contributed by atoms with Crippen molar-refractivity contribution < 1.29 is 74.0 Å². The van der Waals surface area contributed by atoms with Crippen LogP contribution in [0.15, 0.2) is 48.9 Å². The summed E-state index contributed by atoms with van der Waals surface area (Å²) in [7, 11) is 0. The highest BCUT2D eigenvalue weighted by molar-refractivity contribution is 5.78. The van der Waals surface area contributed by atoms with Crippen LogP contribution in [0, 0.1) is 11.8 Å². The second-order valence-corrected chi connectivity index (χ2v) is 9.28. The molecular formula is C25H25F9N4O7. The SMILES string of the molecule is O=C(Cc1ccccn1)N1C[C@H]2CN(Cc3cccnc3)C[C@H]2C1.O=C(O)C(F)(F)F.O=C(O)C(F)(F)F.O=C(O)C(F)(F)F. The number of carboxylic acids is 3. The van der Waals surface area contributed by atoms with Crippen LogP contribution in [0.1, 0.15) is 11.3 Å². The highest BCUT2D eigenvalue weighted by Gasteiger charge is 2.42. The average Bonchev–Trinajstić information content (AvgIpc) is 3.48. The van der Waals surface area contributed by atoms with Crippen molar-refractivity contribution in [1.29, 1.82) is 0 Å². The van der Waals surface area contributed by atoms with Gasteiger partial charge in [-0.1, -0.05) is 12.1 Å². The van der Waals surface area contributed by atoms with Crippen molar-refractivity contribution in [3.8, 4) is 0 Å². The number of likely N-dealkylation sites (tertiary alicyclic amines) is 2. The predicted octanol–water partition coefficient (Wildman–Crippen LogP) is 3.51. The number of carboxylic acid groups (broad SMARTS) is 3. The van der Waals surface area contributed by atoms with Crippen molar-refractivity contribution in [2.75, 3.05) is 26.2 Å². The van der Waals surface area contributed by atoms with E-state index in [4.69, 9.17) is 29.7 Å². The van der Waals surface area contributed by atoms with Crippen LogP contribution in [-0.4, -0.2) is 104 Å². The van der Waals surface area contributed by atoms with E-state index < -0.39 is 36.4 Å². The summed E-state index contributed by atoms with van der Waals surface area (Å²) in [4.78, 5) is 52.1. The Balaban J connectivity index is 0.000000396. The molecular weight excluding hydrogens is 639 g/mol. The summed E-state index contributed by atoms with van der Waals surface area (Å²) in [6.07, 6.45) is -9.33. The van der Waals surface area contributed by atoms with Gasteiger partial charge in [-0.3, -0.25) is 19.7 Å². The first-order valence-corrected chi connectivity index (χ1v) is 12.3. The molecule has 3 N–H and O–H groups in total. The number of hydrogen-bond donors (Lipinski definition) is 3. The van der Waals surface area contributed by atoms with Crippen LogP contribution in [0.25, 0.3) is 0 Å². The van der Waals surface area contributed by atoms with Crippen LogP contribution in [0.2, 0.25) is 0 Å². The second-order valence-electron chi connectivity index (χ2n) is 9.28. The topological polar surface area (TPSA) is 161 Å². The number of hydrogen-bond acceptors (Lipinski definition) is 7. The van der Waals surface area contributed by atoms with Crippen LogP contribution in [0.4, 0.5) is 39.5 Å². The Morgan fingerprint density at radius 3 is 1.53 bits per heavy atom. The first-order chi connectivity index (χ1) is 20.6. The van der Waals surface area contributed by atoms with E-state index in [1.165, 1.54) is 5.56 Å². The molecule has 2 atom stereocenters. The molecule has 0 aliphatic carbocycles. The fourth-order valence-electron chi connectivity index (χ4n) is 3.94. The normalized spacial score (nSPS) is 17.8. The molecule has 0 bridgehead atoms. The molecule has 2 aromatic heterocycles. The lowest BCUT2D eigenvalue weighted by Gasteiger charge is -2.21. The molecule has 0 unspecified atom stereocenters. The highest BCUT2D eigenvalue weighted by atomic mass is 19.4. The molecule has 20 heteroatoms. The van der Waals surface area contributed by atoms with E-state index in [-0.39, 0.29) is 5.91 Å². The number of aliphatic carboxylic acids is 3. The third kappa shape index (κ3) is 14.7. The summed E-state index contributed by atoms with van der Waals surface area (Å²) in [5.74, 6) is -6.85. The van der Waals surface area contributed by atoms with Crippen LogP contribution in [0.5, 0.6) is 0 Å². The molecule has 2 aliphatic rings. The van der Waals surface area contributed by atoms with Gasteiger partial charge in [-0.05, 0) is 35.6 Å². The molecule has 1 amide bonds.